The zero-order chi connectivity index (χ0) is 12.9. The van der Waals surface area contributed by atoms with Crippen LogP contribution in [0.15, 0.2) is 18.2 Å². The van der Waals surface area contributed by atoms with Crippen LogP contribution in [0.25, 0.3) is 0 Å². The first kappa shape index (κ1) is 14.2. The van der Waals surface area contributed by atoms with E-state index in [1.165, 1.54) is 0 Å². The fourth-order valence-corrected chi connectivity index (χ4v) is 2.49. The van der Waals surface area contributed by atoms with Crippen LogP contribution in [0, 0.1) is 13.8 Å². The lowest BCUT2D eigenvalue weighted by Crippen LogP contribution is -2.02. The molecule has 1 rings (SSSR count). The van der Waals surface area contributed by atoms with Crippen molar-refractivity contribution < 1.29 is 18.1 Å². The summed E-state index contributed by atoms with van der Waals surface area (Å²) in [4.78, 5) is 0. The molecule has 96 valence electrons. The molecule has 0 amide bonds. The first-order valence-electron chi connectivity index (χ1n) is 5.66. The highest BCUT2D eigenvalue weighted by atomic mass is 31.2. The minimum atomic E-state index is -3.48. The number of hydrogen-bond donors (Lipinski definition) is 0. The van der Waals surface area contributed by atoms with Crippen molar-refractivity contribution in [1.29, 1.82) is 0 Å². The van der Waals surface area contributed by atoms with Crippen LogP contribution in [0.1, 0.15) is 25.0 Å². The molecule has 0 aliphatic heterocycles. The second kappa shape index (κ2) is 6.20. The second-order valence-electron chi connectivity index (χ2n) is 3.62. The summed E-state index contributed by atoms with van der Waals surface area (Å²) in [6.45, 7) is 8.02. The molecule has 0 aliphatic carbocycles. The summed E-state index contributed by atoms with van der Waals surface area (Å²) in [5, 5.41) is 0. The molecule has 0 radical (unpaired) electrons. The molecule has 0 heterocycles. The molecule has 0 saturated carbocycles. The molecule has 1 aromatic carbocycles. The average Bonchev–Trinajstić information content (AvgIpc) is 2.24. The Morgan fingerprint density at radius 2 is 1.65 bits per heavy atom. The van der Waals surface area contributed by atoms with Crippen molar-refractivity contribution in [3.8, 4) is 5.75 Å². The Kier molecular flexibility index (Phi) is 5.19. The molecule has 0 saturated heterocycles. The fraction of sp³-hybridized carbons (Fsp3) is 0.500. The molecule has 0 fully saturated rings. The number of phosphoric acid groups is 1. The number of benzene rings is 1. The van der Waals surface area contributed by atoms with Crippen molar-refractivity contribution in [1.82, 2.24) is 0 Å². The third-order valence-electron chi connectivity index (χ3n) is 2.27. The van der Waals surface area contributed by atoms with Crippen LogP contribution in [0.3, 0.4) is 0 Å². The van der Waals surface area contributed by atoms with Crippen molar-refractivity contribution in [3.63, 3.8) is 0 Å². The molecule has 0 spiro atoms. The van der Waals surface area contributed by atoms with Crippen LogP contribution in [0.2, 0.25) is 0 Å². The second-order valence-corrected chi connectivity index (χ2v) is 5.21. The molecular formula is C12H19O4P. The first-order valence-corrected chi connectivity index (χ1v) is 7.12. The van der Waals surface area contributed by atoms with Gasteiger partial charge in [0, 0.05) is 0 Å². The molecular weight excluding hydrogens is 239 g/mol. The van der Waals surface area contributed by atoms with Gasteiger partial charge in [-0.1, -0.05) is 6.07 Å². The lowest BCUT2D eigenvalue weighted by Gasteiger charge is -2.17. The van der Waals surface area contributed by atoms with Gasteiger partial charge < -0.3 is 4.52 Å². The van der Waals surface area contributed by atoms with Crippen LogP contribution >= 0.6 is 7.82 Å². The van der Waals surface area contributed by atoms with Gasteiger partial charge in [-0.15, -0.1) is 0 Å². The van der Waals surface area contributed by atoms with E-state index in [-0.39, 0.29) is 13.2 Å². The number of hydrogen-bond acceptors (Lipinski definition) is 4. The summed E-state index contributed by atoms with van der Waals surface area (Å²) in [7, 11) is -3.48. The van der Waals surface area contributed by atoms with Gasteiger partial charge in [-0.25, -0.2) is 4.57 Å². The topological polar surface area (TPSA) is 44.8 Å². The molecule has 4 nitrogen and oxygen atoms in total. The van der Waals surface area contributed by atoms with Crippen molar-refractivity contribution >= 4 is 7.82 Å². The normalized spacial score (nSPS) is 11.5. The standard InChI is InChI=1S/C12H19O4P/c1-5-14-17(13,15-6-2)16-12-8-7-10(3)11(4)9-12/h7-9H,5-6H2,1-4H3. The maximum absolute atomic E-state index is 12.1. The summed E-state index contributed by atoms with van der Waals surface area (Å²) in [6.07, 6.45) is 0. The maximum atomic E-state index is 12.1. The van der Waals surface area contributed by atoms with E-state index in [2.05, 4.69) is 0 Å². The SMILES string of the molecule is CCOP(=O)(OCC)Oc1ccc(C)c(C)c1. The monoisotopic (exact) mass is 258 g/mol. The Morgan fingerprint density at radius 1 is 1.06 bits per heavy atom. The van der Waals surface area contributed by atoms with Gasteiger partial charge in [0.2, 0.25) is 0 Å². The van der Waals surface area contributed by atoms with E-state index in [4.69, 9.17) is 13.6 Å². The van der Waals surface area contributed by atoms with E-state index in [1.54, 1.807) is 19.9 Å². The number of aryl methyl sites for hydroxylation is 2. The molecule has 0 atom stereocenters. The smallest absolute Gasteiger partial charge is 0.404 e. The van der Waals surface area contributed by atoms with Gasteiger partial charge in [-0.3, -0.25) is 9.05 Å². The Bertz CT molecular complexity index is 407. The van der Waals surface area contributed by atoms with Crippen LogP contribution in [-0.2, 0) is 13.6 Å². The Morgan fingerprint density at radius 3 is 2.12 bits per heavy atom. The molecule has 5 heteroatoms. The van der Waals surface area contributed by atoms with Crippen LogP contribution < -0.4 is 4.52 Å². The van der Waals surface area contributed by atoms with Gasteiger partial charge in [-0.2, -0.15) is 0 Å². The predicted octanol–water partition coefficient (Wildman–Crippen LogP) is 3.86. The van der Waals surface area contributed by atoms with E-state index in [1.807, 2.05) is 26.0 Å². The average molecular weight is 258 g/mol. The number of rotatable bonds is 6. The lowest BCUT2D eigenvalue weighted by molar-refractivity contribution is 0.167. The molecule has 1 aromatic rings. The Hall–Kier alpha value is -0.830. The van der Waals surface area contributed by atoms with Crippen molar-refractivity contribution in [2.45, 2.75) is 27.7 Å². The molecule has 0 unspecified atom stereocenters. The highest BCUT2D eigenvalue weighted by Crippen LogP contribution is 2.49. The van der Waals surface area contributed by atoms with E-state index >= 15 is 0 Å². The number of phosphoric ester groups is 1. The lowest BCUT2D eigenvalue weighted by atomic mass is 10.1. The van der Waals surface area contributed by atoms with Crippen LogP contribution in [-0.4, -0.2) is 13.2 Å². The quantitative estimate of drug-likeness (QED) is 0.727. The van der Waals surface area contributed by atoms with Gasteiger partial charge in [-0.05, 0) is 51.0 Å². The first-order chi connectivity index (χ1) is 8.00. The largest absolute Gasteiger partial charge is 0.530 e. The minimum absolute atomic E-state index is 0.280. The van der Waals surface area contributed by atoms with E-state index < -0.39 is 7.82 Å². The van der Waals surface area contributed by atoms with Crippen molar-refractivity contribution in [2.75, 3.05) is 13.2 Å². The zero-order valence-corrected chi connectivity index (χ0v) is 11.6. The van der Waals surface area contributed by atoms with Gasteiger partial charge in [0.1, 0.15) is 5.75 Å². The summed E-state index contributed by atoms with van der Waals surface area (Å²) >= 11 is 0. The summed E-state index contributed by atoms with van der Waals surface area (Å²) < 4.78 is 27.6. The molecule has 0 N–H and O–H groups in total. The van der Waals surface area contributed by atoms with Crippen LogP contribution in [0.5, 0.6) is 5.75 Å². The molecule has 17 heavy (non-hydrogen) atoms. The zero-order valence-electron chi connectivity index (χ0n) is 10.7. The summed E-state index contributed by atoms with van der Waals surface area (Å²) in [6, 6.07) is 5.49. The van der Waals surface area contributed by atoms with Crippen molar-refractivity contribution in [2.24, 2.45) is 0 Å². The third kappa shape index (κ3) is 4.15. The maximum Gasteiger partial charge on any atom is 0.530 e. The van der Waals surface area contributed by atoms with E-state index in [9.17, 15) is 4.57 Å². The van der Waals surface area contributed by atoms with Gasteiger partial charge in [0.25, 0.3) is 0 Å². The molecule has 0 aromatic heterocycles. The summed E-state index contributed by atoms with van der Waals surface area (Å²) in [5.74, 6) is 0.498. The molecule has 0 bridgehead atoms. The highest BCUT2D eigenvalue weighted by molar-refractivity contribution is 7.48. The predicted molar refractivity (Wildman–Crippen MR) is 67.4 cm³/mol. The summed E-state index contributed by atoms with van der Waals surface area (Å²) in [5.41, 5.74) is 2.22. The van der Waals surface area contributed by atoms with Gasteiger partial charge >= 0.3 is 7.82 Å². The van der Waals surface area contributed by atoms with Crippen molar-refractivity contribution in [3.05, 3.63) is 29.3 Å². The Balaban J connectivity index is 2.86. The minimum Gasteiger partial charge on any atom is -0.404 e. The van der Waals surface area contributed by atoms with Gasteiger partial charge in [0.15, 0.2) is 0 Å². The fourth-order valence-electron chi connectivity index (χ4n) is 1.31. The van der Waals surface area contributed by atoms with E-state index in [0.29, 0.717) is 5.75 Å². The van der Waals surface area contributed by atoms with Gasteiger partial charge in [0.05, 0.1) is 13.2 Å². The molecule has 0 aliphatic rings. The third-order valence-corrected chi connectivity index (χ3v) is 3.85. The van der Waals surface area contributed by atoms with E-state index in [0.717, 1.165) is 11.1 Å². The highest BCUT2D eigenvalue weighted by Gasteiger charge is 2.27. The Labute approximate surface area is 103 Å². The van der Waals surface area contributed by atoms with Crippen LogP contribution in [0.4, 0.5) is 0 Å².